The van der Waals surface area contributed by atoms with Crippen molar-refractivity contribution in [1.82, 2.24) is 0 Å². The van der Waals surface area contributed by atoms with E-state index in [2.05, 4.69) is 19.9 Å². The van der Waals surface area contributed by atoms with Crippen LogP contribution in [0, 0.1) is 22.7 Å². The third-order valence-electron chi connectivity index (χ3n) is 8.33. The van der Waals surface area contributed by atoms with Crippen LogP contribution in [0.5, 0.6) is 0 Å². The van der Waals surface area contributed by atoms with E-state index in [1.54, 1.807) is 6.08 Å². The zero-order chi connectivity index (χ0) is 22.4. The predicted molar refractivity (Wildman–Crippen MR) is 119 cm³/mol. The average molecular weight is 421 g/mol. The Bertz CT molecular complexity index is 975. The molecule has 31 heavy (non-hydrogen) atoms. The number of carbonyl (C=O) groups excluding carboxylic acids is 4. The number of ketones is 3. The molecule has 2 saturated carbocycles. The minimum absolute atomic E-state index is 0.0271. The number of unbranched alkanes of at least 4 members (excludes halogenated alkanes) is 2. The van der Waals surface area contributed by atoms with E-state index in [-0.39, 0.29) is 34.6 Å². The molecule has 0 aliphatic heterocycles. The summed E-state index contributed by atoms with van der Waals surface area (Å²) in [5, 5.41) is 0. The topological polar surface area (TPSA) is 68.3 Å². The van der Waals surface area contributed by atoms with Crippen molar-refractivity contribution >= 4 is 23.6 Å². The summed E-state index contributed by atoms with van der Waals surface area (Å²) in [4.78, 5) is 49.8. The van der Waals surface area contributed by atoms with E-state index >= 15 is 0 Å². The van der Waals surface area contributed by atoms with Crippen LogP contribution in [-0.2, 0) is 19.2 Å². The van der Waals surface area contributed by atoms with Crippen molar-refractivity contribution in [3.05, 3.63) is 46.6 Å². The fourth-order valence-electron chi connectivity index (χ4n) is 6.62. The van der Waals surface area contributed by atoms with Gasteiger partial charge in [0.2, 0.25) is 0 Å². The second-order valence-corrected chi connectivity index (χ2v) is 10.0. The molecule has 4 aliphatic rings. The lowest BCUT2D eigenvalue weighted by Gasteiger charge is -2.50. The van der Waals surface area contributed by atoms with Gasteiger partial charge in [-0.1, -0.05) is 44.4 Å². The molecule has 0 radical (unpaired) electrons. The number of Topliss-reactive ketones (excluding diaryl/α,β-unsaturated/α-hetero) is 2. The van der Waals surface area contributed by atoms with Crippen LogP contribution in [0.1, 0.15) is 72.1 Å². The third kappa shape index (κ3) is 3.35. The number of allylic oxidation sites excluding steroid dienone is 8. The van der Waals surface area contributed by atoms with E-state index in [4.69, 9.17) is 0 Å². The third-order valence-corrected chi connectivity index (χ3v) is 8.33. The van der Waals surface area contributed by atoms with Gasteiger partial charge in [-0.25, -0.2) is 0 Å². The van der Waals surface area contributed by atoms with Crippen LogP contribution < -0.4 is 0 Å². The van der Waals surface area contributed by atoms with Crippen LogP contribution in [0.25, 0.3) is 0 Å². The van der Waals surface area contributed by atoms with Crippen molar-refractivity contribution in [3.63, 3.8) is 0 Å². The first-order valence-electron chi connectivity index (χ1n) is 11.7. The Balaban J connectivity index is 1.71. The molecule has 164 valence electrons. The summed E-state index contributed by atoms with van der Waals surface area (Å²) < 4.78 is 0. The SMILES string of the molecule is CCCCCC(=O)C(C=O)=C1CC[C@H]2[C@@H]3CC(=O)C4=CC(=O)C=C[C@]4(C)C3=CC[C@]12C. The van der Waals surface area contributed by atoms with Gasteiger partial charge in [-0.3, -0.25) is 19.2 Å². The Morgan fingerprint density at radius 1 is 1.23 bits per heavy atom. The van der Waals surface area contributed by atoms with E-state index in [0.717, 1.165) is 50.4 Å². The summed E-state index contributed by atoms with van der Waals surface area (Å²) in [7, 11) is 0. The summed E-state index contributed by atoms with van der Waals surface area (Å²) in [5.74, 6) is 0.223. The molecule has 0 aromatic heterocycles. The Hall–Kier alpha value is -2.36. The van der Waals surface area contributed by atoms with Crippen molar-refractivity contribution in [2.75, 3.05) is 0 Å². The quantitative estimate of drug-likeness (QED) is 0.151. The second-order valence-electron chi connectivity index (χ2n) is 10.0. The lowest BCUT2D eigenvalue weighted by molar-refractivity contribution is -0.120. The van der Waals surface area contributed by atoms with Crippen molar-refractivity contribution in [3.8, 4) is 0 Å². The molecule has 0 unspecified atom stereocenters. The molecule has 0 aromatic carbocycles. The van der Waals surface area contributed by atoms with Gasteiger partial charge in [0.1, 0.15) is 0 Å². The highest BCUT2D eigenvalue weighted by molar-refractivity contribution is 6.13. The first-order chi connectivity index (χ1) is 14.8. The van der Waals surface area contributed by atoms with Crippen molar-refractivity contribution in [1.29, 1.82) is 0 Å². The summed E-state index contributed by atoms with van der Waals surface area (Å²) in [6.45, 7) is 6.32. The smallest absolute Gasteiger partial charge is 0.178 e. The normalized spacial score (nSPS) is 35.6. The molecule has 0 N–H and O–H groups in total. The summed E-state index contributed by atoms with van der Waals surface area (Å²) in [6.07, 6.45) is 14.1. The molecular weight excluding hydrogens is 388 g/mol. The van der Waals surface area contributed by atoms with E-state index in [1.165, 1.54) is 11.6 Å². The van der Waals surface area contributed by atoms with E-state index in [9.17, 15) is 19.2 Å². The number of rotatable bonds is 6. The number of hydrogen-bond acceptors (Lipinski definition) is 4. The van der Waals surface area contributed by atoms with E-state index in [1.807, 2.05) is 13.0 Å². The maximum Gasteiger partial charge on any atom is 0.178 e. The molecule has 2 fully saturated rings. The molecule has 4 atom stereocenters. The van der Waals surface area contributed by atoms with Gasteiger partial charge in [0.05, 0.1) is 5.57 Å². The Labute approximate surface area is 184 Å². The lowest BCUT2D eigenvalue weighted by Crippen LogP contribution is -2.45. The minimum atomic E-state index is -0.523. The van der Waals surface area contributed by atoms with Crippen LogP contribution in [0.2, 0.25) is 0 Å². The molecule has 0 saturated heterocycles. The molecule has 0 spiro atoms. The minimum Gasteiger partial charge on any atom is -0.298 e. The lowest BCUT2D eigenvalue weighted by atomic mass is 9.52. The summed E-state index contributed by atoms with van der Waals surface area (Å²) in [6, 6.07) is 0. The van der Waals surface area contributed by atoms with Crippen LogP contribution in [-0.4, -0.2) is 23.6 Å². The monoisotopic (exact) mass is 420 g/mol. The van der Waals surface area contributed by atoms with Crippen LogP contribution in [0.15, 0.2) is 46.6 Å². The van der Waals surface area contributed by atoms with Gasteiger partial charge in [-0.05, 0) is 67.6 Å². The maximum atomic E-state index is 13.0. The Kier molecular flexibility index (Phi) is 5.61. The molecule has 4 rings (SSSR count). The van der Waals surface area contributed by atoms with Gasteiger partial charge in [-0.2, -0.15) is 0 Å². The van der Waals surface area contributed by atoms with Gasteiger partial charge in [0, 0.05) is 23.8 Å². The number of aldehydes is 1. The molecule has 4 nitrogen and oxygen atoms in total. The fourth-order valence-corrected chi connectivity index (χ4v) is 6.62. The van der Waals surface area contributed by atoms with Gasteiger partial charge < -0.3 is 0 Å². The fraction of sp³-hybridized carbons (Fsp3) is 0.556. The highest BCUT2D eigenvalue weighted by atomic mass is 16.1. The van der Waals surface area contributed by atoms with Gasteiger partial charge >= 0.3 is 0 Å². The molecule has 0 bridgehead atoms. The average Bonchev–Trinajstić information content (AvgIpc) is 3.08. The van der Waals surface area contributed by atoms with E-state index < -0.39 is 5.41 Å². The zero-order valence-corrected chi connectivity index (χ0v) is 18.8. The molecule has 4 aliphatic carbocycles. The van der Waals surface area contributed by atoms with Crippen LogP contribution in [0.3, 0.4) is 0 Å². The van der Waals surface area contributed by atoms with Crippen molar-refractivity contribution in [2.45, 2.75) is 72.1 Å². The van der Waals surface area contributed by atoms with Gasteiger partial charge in [-0.15, -0.1) is 0 Å². The second kappa shape index (κ2) is 7.96. The Morgan fingerprint density at radius 2 is 2.00 bits per heavy atom. The van der Waals surface area contributed by atoms with Gasteiger partial charge in [0.15, 0.2) is 23.6 Å². The summed E-state index contributed by atoms with van der Waals surface area (Å²) in [5.41, 5.74) is 2.43. The van der Waals surface area contributed by atoms with Crippen LogP contribution >= 0.6 is 0 Å². The first-order valence-corrected chi connectivity index (χ1v) is 11.7. The number of carbonyl (C=O) groups is 4. The standard InChI is InChI=1S/C27H32O4/c1-4-5-6-7-24(30)19(16-28)21-9-8-20-18-15-25(31)23-14-17(29)10-12-27(23,3)22(18)11-13-26(20,21)2/h10-12,14,16,18,20H,4-9,13,15H2,1-3H3/t18-,20-,26-,27+/m0/s1. The largest absolute Gasteiger partial charge is 0.298 e. The molecule has 0 heterocycles. The highest BCUT2D eigenvalue weighted by Crippen LogP contribution is 2.63. The van der Waals surface area contributed by atoms with Crippen molar-refractivity contribution < 1.29 is 19.2 Å². The highest BCUT2D eigenvalue weighted by Gasteiger charge is 2.56. The van der Waals surface area contributed by atoms with Gasteiger partial charge in [0.25, 0.3) is 0 Å². The molecule has 0 amide bonds. The molecule has 0 aromatic rings. The Morgan fingerprint density at radius 3 is 2.71 bits per heavy atom. The van der Waals surface area contributed by atoms with Crippen molar-refractivity contribution in [2.24, 2.45) is 22.7 Å². The molecule has 4 heteroatoms. The van der Waals surface area contributed by atoms with Crippen LogP contribution in [0.4, 0.5) is 0 Å². The number of hydrogen-bond donors (Lipinski definition) is 0. The zero-order valence-electron chi connectivity index (χ0n) is 18.8. The molecular formula is C27H32O4. The maximum absolute atomic E-state index is 13.0. The summed E-state index contributed by atoms with van der Waals surface area (Å²) >= 11 is 0. The predicted octanol–water partition coefficient (Wildman–Crippen LogP) is 5.04. The first kappa shape index (κ1) is 21.9. The number of fused-ring (bicyclic) bond motifs is 5. The van der Waals surface area contributed by atoms with E-state index in [0.29, 0.717) is 24.0 Å².